The molecule has 1 atom stereocenters. The number of hydrogen-bond donors (Lipinski definition) is 4. The first-order valence-electron chi connectivity index (χ1n) is 10.5. The van der Waals surface area contributed by atoms with Gasteiger partial charge in [-0.05, 0) is 25.2 Å². The molecule has 182 valence electrons. The summed E-state index contributed by atoms with van der Waals surface area (Å²) >= 11 is 0. The van der Waals surface area contributed by atoms with Crippen LogP contribution in [-0.2, 0) is 0 Å². The number of allylic oxidation sites excluding steroid dienone is 1. The van der Waals surface area contributed by atoms with Crippen molar-refractivity contribution in [2.24, 2.45) is 10.7 Å². The average Bonchev–Trinajstić information content (AvgIpc) is 2.96. The molecular formula is C22H27F3N8O. The molecule has 0 aliphatic carbocycles. The van der Waals surface area contributed by atoms with Crippen LogP contribution in [0, 0.1) is 5.41 Å². The van der Waals surface area contributed by atoms with Crippen molar-refractivity contribution in [3.05, 3.63) is 47.9 Å². The van der Waals surface area contributed by atoms with E-state index in [0.717, 1.165) is 25.2 Å². The Hall–Kier alpha value is -3.51. The maximum atomic E-state index is 12.4. The molecule has 5 N–H and O–H groups in total. The molecule has 2 aromatic rings. The lowest BCUT2D eigenvalue weighted by molar-refractivity contribution is -0.118. The van der Waals surface area contributed by atoms with E-state index in [9.17, 15) is 18.3 Å². The summed E-state index contributed by atoms with van der Waals surface area (Å²) in [7, 11) is 1.95. The predicted molar refractivity (Wildman–Crippen MR) is 127 cm³/mol. The van der Waals surface area contributed by atoms with Crippen molar-refractivity contribution in [2.75, 3.05) is 50.0 Å². The Kier molecular flexibility index (Phi) is 8.18. The van der Waals surface area contributed by atoms with Gasteiger partial charge in [0.15, 0.2) is 0 Å². The minimum absolute atomic E-state index is 0.202. The quantitative estimate of drug-likeness (QED) is 0.452. The summed E-state index contributed by atoms with van der Waals surface area (Å²) in [5.41, 5.74) is 7.00. The molecule has 3 heterocycles. The minimum Gasteiger partial charge on any atom is -0.404 e. The molecule has 1 saturated heterocycles. The molecule has 0 aromatic carbocycles. The van der Waals surface area contributed by atoms with Gasteiger partial charge in [0.25, 0.3) is 0 Å². The Morgan fingerprint density at radius 2 is 2.15 bits per heavy atom. The molecule has 0 spiro atoms. The molecular weight excluding hydrogens is 449 g/mol. The summed E-state index contributed by atoms with van der Waals surface area (Å²) in [6, 6.07) is 7.00. The molecule has 0 bridgehead atoms. The highest BCUT2D eigenvalue weighted by Crippen LogP contribution is 2.24. The molecule has 0 saturated carbocycles. The third-order valence-corrected chi connectivity index (χ3v) is 5.09. The Morgan fingerprint density at radius 3 is 2.85 bits per heavy atom. The first-order chi connectivity index (χ1) is 16.2. The highest BCUT2D eigenvalue weighted by Gasteiger charge is 2.26. The van der Waals surface area contributed by atoms with Gasteiger partial charge >= 0.3 is 6.18 Å². The molecule has 34 heavy (non-hydrogen) atoms. The van der Waals surface area contributed by atoms with Crippen molar-refractivity contribution in [3.8, 4) is 0 Å². The van der Waals surface area contributed by atoms with Crippen molar-refractivity contribution < 1.29 is 18.3 Å². The molecule has 12 heteroatoms. The second kappa shape index (κ2) is 11.1. The third-order valence-electron chi connectivity index (χ3n) is 5.09. The van der Waals surface area contributed by atoms with E-state index < -0.39 is 18.8 Å². The van der Waals surface area contributed by atoms with E-state index in [4.69, 9.17) is 11.1 Å². The normalized spacial score (nSPS) is 18.2. The number of aliphatic hydroxyl groups is 1. The highest BCUT2D eigenvalue weighted by atomic mass is 19.4. The Morgan fingerprint density at radius 1 is 1.35 bits per heavy atom. The van der Waals surface area contributed by atoms with Gasteiger partial charge in [0.2, 0.25) is 0 Å². The molecule has 1 fully saturated rings. The van der Waals surface area contributed by atoms with E-state index in [0.29, 0.717) is 42.5 Å². The van der Waals surface area contributed by atoms with Gasteiger partial charge in [-0.3, -0.25) is 9.98 Å². The van der Waals surface area contributed by atoms with Crippen LogP contribution in [0.25, 0.3) is 5.57 Å². The summed E-state index contributed by atoms with van der Waals surface area (Å²) in [6.07, 6.45) is -0.264. The largest absolute Gasteiger partial charge is 0.407 e. The first kappa shape index (κ1) is 25.1. The fourth-order valence-electron chi connectivity index (χ4n) is 3.45. The van der Waals surface area contributed by atoms with Gasteiger partial charge in [0.1, 0.15) is 18.2 Å². The zero-order chi connectivity index (χ0) is 24.7. The number of alkyl halides is 3. The van der Waals surface area contributed by atoms with Crippen molar-refractivity contribution >= 4 is 35.3 Å². The summed E-state index contributed by atoms with van der Waals surface area (Å²) in [5, 5.41) is 21.0. The molecule has 0 amide bonds. The molecule has 9 nitrogen and oxygen atoms in total. The van der Waals surface area contributed by atoms with Crippen LogP contribution >= 0.6 is 0 Å². The number of pyridine rings is 2. The lowest BCUT2D eigenvalue weighted by Gasteiger charge is -2.23. The number of hydrogen-bond acceptors (Lipinski definition) is 9. The number of halogens is 3. The summed E-state index contributed by atoms with van der Waals surface area (Å²) in [5.74, 6) is 1.18. The number of rotatable bonds is 7. The zero-order valence-electron chi connectivity index (χ0n) is 18.6. The second-order valence-electron chi connectivity index (χ2n) is 7.88. The highest BCUT2D eigenvalue weighted by molar-refractivity contribution is 6.09. The van der Waals surface area contributed by atoms with E-state index in [1.54, 1.807) is 12.1 Å². The van der Waals surface area contributed by atoms with Gasteiger partial charge in [-0.1, -0.05) is 6.07 Å². The number of aromatic nitrogens is 2. The second-order valence-corrected chi connectivity index (χ2v) is 7.88. The number of nitrogens with zero attached hydrogens (tertiary/aromatic N) is 5. The van der Waals surface area contributed by atoms with Gasteiger partial charge in [0.05, 0.1) is 17.5 Å². The summed E-state index contributed by atoms with van der Waals surface area (Å²) in [4.78, 5) is 16.3. The van der Waals surface area contributed by atoms with Crippen LogP contribution in [-0.4, -0.2) is 84.5 Å². The first-order valence-corrected chi connectivity index (χ1v) is 10.5. The number of likely N-dealkylation sites (N-methyl/N-ethyl adjacent to an activating group) is 1. The number of nitrogens with two attached hydrogens (primary N) is 1. The predicted octanol–water partition coefficient (Wildman–Crippen LogP) is 2.26. The van der Waals surface area contributed by atoms with Crippen LogP contribution in [0.4, 0.5) is 30.5 Å². The van der Waals surface area contributed by atoms with Gasteiger partial charge in [0, 0.05) is 62.1 Å². The van der Waals surface area contributed by atoms with Crippen LogP contribution in [0.15, 0.2) is 41.7 Å². The lowest BCUT2D eigenvalue weighted by atomic mass is 10.1. The fourth-order valence-corrected chi connectivity index (χ4v) is 3.45. The molecule has 3 rings (SSSR count). The third kappa shape index (κ3) is 6.99. The van der Waals surface area contributed by atoms with E-state index in [2.05, 4.69) is 25.2 Å². The van der Waals surface area contributed by atoms with Crippen molar-refractivity contribution in [2.45, 2.75) is 12.3 Å². The van der Waals surface area contributed by atoms with Crippen LogP contribution in [0.5, 0.6) is 0 Å². The molecule has 0 radical (unpaired) electrons. The molecule has 1 aliphatic rings. The minimum atomic E-state index is -4.42. The zero-order valence-corrected chi connectivity index (χ0v) is 18.6. The van der Waals surface area contributed by atoms with Crippen molar-refractivity contribution in [1.82, 2.24) is 14.9 Å². The van der Waals surface area contributed by atoms with E-state index in [1.807, 2.05) is 24.1 Å². The number of aliphatic imine (C=N–C) groups is 1. The number of anilines is 3. The summed E-state index contributed by atoms with van der Waals surface area (Å²) in [6.45, 7) is 1.20. The van der Waals surface area contributed by atoms with Crippen molar-refractivity contribution in [1.29, 1.82) is 5.41 Å². The molecule has 2 aromatic heterocycles. The Balaban J connectivity index is 1.83. The molecule has 0 unspecified atom stereocenters. The maximum absolute atomic E-state index is 12.4. The van der Waals surface area contributed by atoms with Gasteiger partial charge in [-0.25, -0.2) is 4.98 Å². The lowest BCUT2D eigenvalue weighted by Crippen LogP contribution is -2.33. The standard InChI is InChI=1S/C22H27F3N8O/c1-32-5-6-33(13-17(34)12-32)21-4-2-3-20(31-21)30-19-7-18(29-11-16(19)9-27)15(8-26)10-28-14-22(23,24)25/h2-4,7-11,17,27,34H,5-6,12-14,26H2,1H3,(H,29,30,31)/t17-/m0/s1. The van der Waals surface area contributed by atoms with E-state index in [1.165, 1.54) is 6.20 Å². The monoisotopic (exact) mass is 476 g/mol. The average molecular weight is 477 g/mol. The number of nitrogens with one attached hydrogen (secondary N) is 2. The van der Waals surface area contributed by atoms with Gasteiger partial charge < -0.3 is 31.4 Å². The maximum Gasteiger partial charge on any atom is 0.407 e. The smallest absolute Gasteiger partial charge is 0.404 e. The molecule has 1 aliphatic heterocycles. The topological polar surface area (TPSA) is 127 Å². The SMILES string of the molecule is CN1CCN(c2cccc(Nc3cc(C(C=NCC(F)(F)F)=CN)ncc3C=N)n2)C[C@@H](O)C1. The van der Waals surface area contributed by atoms with Crippen LogP contribution in [0.1, 0.15) is 11.3 Å². The van der Waals surface area contributed by atoms with Gasteiger partial charge in [-0.15, -0.1) is 0 Å². The number of aliphatic hydroxyl groups excluding tert-OH is 1. The van der Waals surface area contributed by atoms with E-state index >= 15 is 0 Å². The van der Waals surface area contributed by atoms with E-state index in [-0.39, 0.29) is 11.3 Å². The number of β-amino-alcohol motifs (C(OH)–C–C–N with tert-alkyl or cyclic N) is 1. The van der Waals surface area contributed by atoms with Crippen molar-refractivity contribution in [3.63, 3.8) is 0 Å². The van der Waals surface area contributed by atoms with Crippen LogP contribution in [0.2, 0.25) is 0 Å². The van der Waals surface area contributed by atoms with Gasteiger partial charge in [-0.2, -0.15) is 13.2 Å². The van der Waals surface area contributed by atoms with Crippen LogP contribution in [0.3, 0.4) is 0 Å². The van der Waals surface area contributed by atoms with Crippen LogP contribution < -0.4 is 16.0 Å². The Labute approximate surface area is 195 Å². The fraction of sp³-hybridized carbons (Fsp3) is 0.364. The Bertz CT molecular complexity index is 1060. The summed E-state index contributed by atoms with van der Waals surface area (Å²) < 4.78 is 37.2.